The van der Waals surface area contributed by atoms with Gasteiger partial charge in [-0.05, 0) is 23.8 Å². The van der Waals surface area contributed by atoms with E-state index >= 15 is 0 Å². The van der Waals surface area contributed by atoms with Crippen molar-refractivity contribution in [3.05, 3.63) is 53.5 Å². The van der Waals surface area contributed by atoms with E-state index in [1.54, 1.807) is 13.4 Å². The molecule has 2 aromatic rings. The highest BCUT2D eigenvalue weighted by Crippen LogP contribution is 2.17. The third kappa shape index (κ3) is 3.12. The first-order chi connectivity index (χ1) is 8.83. The monoisotopic (exact) mass is 247 g/mol. The Kier molecular flexibility index (Phi) is 4.39. The van der Waals surface area contributed by atoms with Crippen LogP contribution in [0.4, 0.5) is 0 Å². The van der Waals surface area contributed by atoms with Crippen molar-refractivity contribution in [1.82, 2.24) is 0 Å². The van der Waals surface area contributed by atoms with Crippen LogP contribution in [0, 0.1) is 0 Å². The van der Waals surface area contributed by atoms with Crippen LogP contribution in [0.3, 0.4) is 0 Å². The number of benzene rings is 1. The van der Waals surface area contributed by atoms with Gasteiger partial charge in [0.25, 0.3) is 0 Å². The number of furan rings is 1. The van der Waals surface area contributed by atoms with Gasteiger partial charge < -0.3 is 19.6 Å². The maximum absolute atomic E-state index is 5.68. The van der Waals surface area contributed by atoms with Crippen molar-refractivity contribution in [2.75, 3.05) is 7.11 Å². The quantitative estimate of drug-likeness (QED) is 0.852. The summed E-state index contributed by atoms with van der Waals surface area (Å²) < 4.78 is 16.1. The SMILES string of the molecule is COCc1cccc(OCc2occc2CN)c1. The summed E-state index contributed by atoms with van der Waals surface area (Å²) in [5.74, 6) is 1.57. The molecule has 1 heterocycles. The van der Waals surface area contributed by atoms with E-state index in [1.165, 1.54) is 0 Å². The lowest BCUT2D eigenvalue weighted by atomic mass is 10.2. The Bertz CT molecular complexity index is 493. The van der Waals surface area contributed by atoms with Gasteiger partial charge in [-0.2, -0.15) is 0 Å². The number of rotatable bonds is 6. The molecule has 0 unspecified atom stereocenters. The smallest absolute Gasteiger partial charge is 0.146 e. The number of ether oxygens (including phenoxy) is 2. The lowest BCUT2D eigenvalue weighted by Crippen LogP contribution is -2.02. The molecule has 1 aromatic carbocycles. The highest BCUT2D eigenvalue weighted by atomic mass is 16.5. The molecule has 18 heavy (non-hydrogen) atoms. The first-order valence-corrected chi connectivity index (χ1v) is 5.79. The number of hydrogen-bond donors (Lipinski definition) is 1. The van der Waals surface area contributed by atoms with E-state index in [-0.39, 0.29) is 0 Å². The van der Waals surface area contributed by atoms with E-state index in [0.29, 0.717) is 19.8 Å². The minimum Gasteiger partial charge on any atom is -0.486 e. The Morgan fingerprint density at radius 2 is 2.11 bits per heavy atom. The van der Waals surface area contributed by atoms with Crippen LogP contribution in [0.5, 0.6) is 5.75 Å². The molecule has 0 aliphatic heterocycles. The van der Waals surface area contributed by atoms with Crippen LogP contribution in [-0.4, -0.2) is 7.11 Å². The van der Waals surface area contributed by atoms with Crippen LogP contribution < -0.4 is 10.5 Å². The Labute approximate surface area is 106 Å². The van der Waals surface area contributed by atoms with Crippen molar-refractivity contribution >= 4 is 0 Å². The van der Waals surface area contributed by atoms with Crippen molar-refractivity contribution < 1.29 is 13.9 Å². The number of hydrogen-bond acceptors (Lipinski definition) is 4. The fraction of sp³-hybridized carbons (Fsp3) is 0.286. The zero-order valence-electron chi connectivity index (χ0n) is 10.4. The maximum atomic E-state index is 5.68. The maximum Gasteiger partial charge on any atom is 0.146 e. The third-order valence-corrected chi connectivity index (χ3v) is 2.64. The Morgan fingerprint density at radius 3 is 2.89 bits per heavy atom. The molecule has 0 spiro atoms. The average molecular weight is 247 g/mol. The fourth-order valence-corrected chi connectivity index (χ4v) is 1.72. The van der Waals surface area contributed by atoms with Crippen LogP contribution >= 0.6 is 0 Å². The number of nitrogens with two attached hydrogens (primary N) is 1. The molecule has 4 heteroatoms. The highest BCUT2D eigenvalue weighted by Gasteiger charge is 2.05. The van der Waals surface area contributed by atoms with Crippen LogP contribution in [0.2, 0.25) is 0 Å². The van der Waals surface area contributed by atoms with E-state index < -0.39 is 0 Å². The molecular formula is C14H17NO3. The minimum absolute atomic E-state index is 0.385. The molecule has 0 bridgehead atoms. The van der Waals surface area contributed by atoms with E-state index in [1.807, 2.05) is 30.3 Å². The van der Waals surface area contributed by atoms with Crippen molar-refractivity contribution in [2.24, 2.45) is 5.73 Å². The Hall–Kier alpha value is -1.78. The first-order valence-electron chi connectivity index (χ1n) is 5.79. The summed E-state index contributed by atoms with van der Waals surface area (Å²) in [5, 5.41) is 0. The second-order valence-corrected chi connectivity index (χ2v) is 3.94. The fourth-order valence-electron chi connectivity index (χ4n) is 1.72. The molecule has 0 aliphatic carbocycles. The van der Waals surface area contributed by atoms with Gasteiger partial charge in [0.05, 0.1) is 12.9 Å². The van der Waals surface area contributed by atoms with Gasteiger partial charge in [-0.3, -0.25) is 0 Å². The Balaban J connectivity index is 1.99. The van der Waals surface area contributed by atoms with Crippen molar-refractivity contribution in [3.8, 4) is 5.75 Å². The highest BCUT2D eigenvalue weighted by molar-refractivity contribution is 5.28. The van der Waals surface area contributed by atoms with Gasteiger partial charge in [-0.1, -0.05) is 12.1 Å². The zero-order valence-corrected chi connectivity index (χ0v) is 10.4. The van der Waals surface area contributed by atoms with Crippen LogP contribution in [0.25, 0.3) is 0 Å². The largest absolute Gasteiger partial charge is 0.486 e. The predicted octanol–water partition coefficient (Wildman–Crippen LogP) is 2.46. The van der Waals surface area contributed by atoms with Gasteiger partial charge in [0.1, 0.15) is 18.1 Å². The molecule has 0 saturated heterocycles. The third-order valence-electron chi connectivity index (χ3n) is 2.64. The molecule has 0 aliphatic rings. The van der Waals surface area contributed by atoms with Crippen LogP contribution in [0.1, 0.15) is 16.9 Å². The molecule has 96 valence electrons. The standard InChI is InChI=1S/C14H17NO3/c1-16-9-11-3-2-4-13(7-11)18-10-14-12(8-15)5-6-17-14/h2-7H,8-10,15H2,1H3. The van der Waals surface area contributed by atoms with Crippen molar-refractivity contribution in [3.63, 3.8) is 0 Å². The topological polar surface area (TPSA) is 57.6 Å². The summed E-state index contributed by atoms with van der Waals surface area (Å²) >= 11 is 0. The van der Waals surface area contributed by atoms with E-state index in [9.17, 15) is 0 Å². The normalized spacial score (nSPS) is 10.6. The molecule has 2 N–H and O–H groups in total. The van der Waals surface area contributed by atoms with Crippen molar-refractivity contribution in [2.45, 2.75) is 19.8 Å². The van der Waals surface area contributed by atoms with Gasteiger partial charge in [0.15, 0.2) is 0 Å². The number of methoxy groups -OCH3 is 1. The predicted molar refractivity (Wildman–Crippen MR) is 68.1 cm³/mol. The Morgan fingerprint density at radius 1 is 1.22 bits per heavy atom. The van der Waals surface area contributed by atoms with Gasteiger partial charge in [-0.25, -0.2) is 0 Å². The van der Waals surface area contributed by atoms with Gasteiger partial charge in [0.2, 0.25) is 0 Å². The van der Waals surface area contributed by atoms with Gasteiger partial charge in [0, 0.05) is 19.2 Å². The second-order valence-electron chi connectivity index (χ2n) is 3.94. The molecule has 1 aromatic heterocycles. The molecule has 0 fully saturated rings. The molecule has 0 saturated carbocycles. The molecule has 0 atom stereocenters. The van der Waals surface area contributed by atoms with Gasteiger partial charge in [-0.15, -0.1) is 0 Å². The summed E-state index contributed by atoms with van der Waals surface area (Å²) in [6.07, 6.45) is 1.63. The summed E-state index contributed by atoms with van der Waals surface area (Å²) in [6, 6.07) is 9.66. The average Bonchev–Trinajstić information content (AvgIpc) is 2.84. The molecule has 4 nitrogen and oxygen atoms in total. The van der Waals surface area contributed by atoms with Crippen LogP contribution in [0.15, 0.2) is 41.0 Å². The lowest BCUT2D eigenvalue weighted by molar-refractivity contribution is 0.184. The van der Waals surface area contributed by atoms with Crippen LogP contribution in [-0.2, 0) is 24.5 Å². The first kappa shape index (κ1) is 12.7. The summed E-state index contributed by atoms with van der Waals surface area (Å²) in [4.78, 5) is 0. The lowest BCUT2D eigenvalue weighted by Gasteiger charge is -2.07. The second kappa shape index (κ2) is 6.23. The molecule has 0 radical (unpaired) electrons. The van der Waals surface area contributed by atoms with E-state index in [2.05, 4.69) is 0 Å². The minimum atomic E-state index is 0.385. The van der Waals surface area contributed by atoms with Crippen molar-refractivity contribution in [1.29, 1.82) is 0 Å². The van der Waals surface area contributed by atoms with E-state index in [4.69, 9.17) is 19.6 Å². The molecule has 0 amide bonds. The van der Waals surface area contributed by atoms with Gasteiger partial charge >= 0.3 is 0 Å². The summed E-state index contributed by atoms with van der Waals surface area (Å²) in [7, 11) is 1.67. The summed E-state index contributed by atoms with van der Waals surface area (Å²) in [6.45, 7) is 1.42. The molecule has 2 rings (SSSR count). The summed E-state index contributed by atoms with van der Waals surface area (Å²) in [5.41, 5.74) is 7.65. The zero-order chi connectivity index (χ0) is 12.8. The van der Waals surface area contributed by atoms with E-state index in [0.717, 1.165) is 22.6 Å². The molecular weight excluding hydrogens is 230 g/mol.